The van der Waals surface area contributed by atoms with Gasteiger partial charge in [0.25, 0.3) is 0 Å². The van der Waals surface area contributed by atoms with Crippen LogP contribution in [0.4, 0.5) is 15.5 Å². The number of nitrogens with zero attached hydrogens (tertiary/aromatic N) is 1. The smallest absolute Gasteiger partial charge is 0.351 e. The second-order valence-electron chi connectivity index (χ2n) is 5.84. The molecule has 3 aromatic rings. The summed E-state index contributed by atoms with van der Waals surface area (Å²) in [6.45, 7) is 0. The Morgan fingerprint density at radius 2 is 1.69 bits per heavy atom. The molecule has 0 saturated heterocycles. The third-order valence-electron chi connectivity index (χ3n) is 4.05. The first-order valence-electron chi connectivity index (χ1n) is 8.30. The largest absolute Gasteiger partial charge is 0.497 e. The second-order valence-corrected chi connectivity index (χ2v) is 6.90. The van der Waals surface area contributed by atoms with E-state index >= 15 is 0 Å². The summed E-state index contributed by atoms with van der Waals surface area (Å²) >= 11 is 1.19. The van der Waals surface area contributed by atoms with Crippen LogP contribution < -0.4 is 25.3 Å². The van der Waals surface area contributed by atoms with Crippen LogP contribution in [0.1, 0.15) is 10.4 Å². The molecule has 2 heterocycles. The first-order chi connectivity index (χ1) is 13.9. The lowest BCUT2D eigenvalue weighted by atomic mass is 10.3. The quantitative estimate of drug-likeness (QED) is 0.633. The van der Waals surface area contributed by atoms with Crippen molar-refractivity contribution in [1.82, 2.24) is 0 Å². The Kier molecular flexibility index (Phi) is 5.74. The molecule has 0 aliphatic heterocycles. The van der Waals surface area contributed by atoms with E-state index < -0.39 is 17.6 Å². The lowest BCUT2D eigenvalue weighted by Crippen LogP contribution is -2.30. The Bertz CT molecular complexity index is 1110. The van der Waals surface area contributed by atoms with Crippen LogP contribution in [-0.4, -0.2) is 40.4 Å². The van der Waals surface area contributed by atoms with Crippen molar-refractivity contribution in [3.05, 3.63) is 46.3 Å². The number of thiophene rings is 1. The molecule has 2 aromatic heterocycles. The van der Waals surface area contributed by atoms with Gasteiger partial charge in [-0.3, -0.25) is 4.90 Å². The number of amides is 2. The van der Waals surface area contributed by atoms with Gasteiger partial charge in [-0.15, -0.1) is 11.3 Å². The van der Waals surface area contributed by atoms with Gasteiger partial charge in [-0.05, 0) is 6.07 Å². The van der Waals surface area contributed by atoms with Gasteiger partial charge in [0.2, 0.25) is 0 Å². The number of hydrogen-bond acceptors (Lipinski definition) is 8. The fourth-order valence-corrected chi connectivity index (χ4v) is 3.49. The van der Waals surface area contributed by atoms with Crippen LogP contribution in [0.2, 0.25) is 0 Å². The summed E-state index contributed by atoms with van der Waals surface area (Å²) in [5.41, 5.74) is -0.253. The number of esters is 1. The van der Waals surface area contributed by atoms with Crippen LogP contribution in [-0.2, 0) is 4.74 Å². The zero-order valence-corrected chi connectivity index (χ0v) is 16.9. The molecule has 0 saturated carbocycles. The number of methoxy groups -OCH3 is 3. The summed E-state index contributed by atoms with van der Waals surface area (Å²) in [6, 6.07) is 7.50. The maximum Gasteiger partial charge on any atom is 0.351 e. The van der Waals surface area contributed by atoms with Crippen molar-refractivity contribution in [2.75, 3.05) is 38.6 Å². The van der Waals surface area contributed by atoms with E-state index in [4.69, 9.17) is 13.9 Å². The highest BCUT2D eigenvalue weighted by Crippen LogP contribution is 2.32. The van der Waals surface area contributed by atoms with Gasteiger partial charge in [-0.25, -0.2) is 14.4 Å². The van der Waals surface area contributed by atoms with Crippen molar-refractivity contribution in [2.45, 2.75) is 0 Å². The molecule has 1 aromatic carbocycles. The van der Waals surface area contributed by atoms with Gasteiger partial charge in [0, 0.05) is 37.0 Å². The molecular formula is C19H18N2O7S. The standard InChI is InChI=1S/C19H18N2O7S/c1-21(19(24)20-10-5-11(25-2)7-12(6-10)26-3)16-9-14-15(29-16)8-13(17(22)27-4)18(23)28-14/h5-9H,1-4H3,(H,20,24). The number of anilines is 2. The first kappa shape index (κ1) is 20.2. The van der Waals surface area contributed by atoms with E-state index in [9.17, 15) is 14.4 Å². The summed E-state index contributed by atoms with van der Waals surface area (Å²) < 4.78 is 20.7. The van der Waals surface area contributed by atoms with Crippen LogP contribution in [0, 0.1) is 0 Å². The van der Waals surface area contributed by atoms with Crippen LogP contribution in [0.5, 0.6) is 11.5 Å². The van der Waals surface area contributed by atoms with Crippen molar-refractivity contribution in [2.24, 2.45) is 0 Å². The summed E-state index contributed by atoms with van der Waals surface area (Å²) in [6.07, 6.45) is 0. The normalized spacial score (nSPS) is 10.5. The molecule has 0 bridgehead atoms. The average molecular weight is 418 g/mol. The van der Waals surface area contributed by atoms with E-state index in [1.54, 1.807) is 31.3 Å². The molecular weight excluding hydrogens is 400 g/mol. The predicted octanol–water partition coefficient (Wildman–Crippen LogP) is 3.33. The minimum absolute atomic E-state index is 0.205. The van der Waals surface area contributed by atoms with Gasteiger partial charge < -0.3 is 23.9 Å². The van der Waals surface area contributed by atoms with E-state index in [0.717, 1.165) is 0 Å². The third kappa shape index (κ3) is 4.16. The van der Waals surface area contributed by atoms with Crippen LogP contribution in [0.25, 0.3) is 10.3 Å². The van der Waals surface area contributed by atoms with Crippen molar-refractivity contribution in [3.63, 3.8) is 0 Å². The molecule has 0 aliphatic rings. The van der Waals surface area contributed by atoms with Crippen LogP contribution in [0.15, 0.2) is 39.5 Å². The fraction of sp³-hybridized carbons (Fsp3) is 0.211. The summed E-state index contributed by atoms with van der Waals surface area (Å²) in [7, 11) is 5.77. The molecule has 0 aliphatic carbocycles. The highest BCUT2D eigenvalue weighted by atomic mass is 32.1. The monoisotopic (exact) mass is 418 g/mol. The maximum atomic E-state index is 12.7. The number of carbonyl (C=O) groups excluding carboxylic acids is 2. The lowest BCUT2D eigenvalue weighted by Gasteiger charge is -2.16. The van der Waals surface area contributed by atoms with Gasteiger partial charge in [0.05, 0.1) is 26.0 Å². The number of benzene rings is 1. The molecule has 0 unspecified atom stereocenters. The maximum absolute atomic E-state index is 12.7. The number of hydrogen-bond donors (Lipinski definition) is 1. The zero-order chi connectivity index (χ0) is 21.1. The lowest BCUT2D eigenvalue weighted by molar-refractivity contribution is 0.0596. The molecule has 152 valence electrons. The average Bonchev–Trinajstić information content (AvgIpc) is 3.14. The van der Waals surface area contributed by atoms with Crippen molar-refractivity contribution < 1.29 is 28.2 Å². The number of urea groups is 1. The van der Waals surface area contributed by atoms with E-state index in [-0.39, 0.29) is 11.1 Å². The molecule has 0 spiro atoms. The summed E-state index contributed by atoms with van der Waals surface area (Å²) in [4.78, 5) is 37.6. The van der Waals surface area contributed by atoms with Crippen LogP contribution in [0.3, 0.4) is 0 Å². The Labute approximate surface area is 169 Å². The van der Waals surface area contributed by atoms with Gasteiger partial charge in [-0.1, -0.05) is 0 Å². The van der Waals surface area contributed by atoms with Crippen LogP contribution >= 0.6 is 11.3 Å². The fourth-order valence-electron chi connectivity index (χ4n) is 2.51. The van der Waals surface area contributed by atoms with E-state index in [2.05, 4.69) is 10.1 Å². The topological polar surface area (TPSA) is 107 Å². The summed E-state index contributed by atoms with van der Waals surface area (Å²) in [5, 5.41) is 3.26. The molecule has 9 nitrogen and oxygen atoms in total. The van der Waals surface area contributed by atoms with E-state index in [1.165, 1.54) is 43.6 Å². The highest BCUT2D eigenvalue weighted by molar-refractivity contribution is 7.22. The Hall–Kier alpha value is -3.53. The predicted molar refractivity (Wildman–Crippen MR) is 109 cm³/mol. The molecule has 29 heavy (non-hydrogen) atoms. The first-order valence-corrected chi connectivity index (χ1v) is 9.11. The minimum Gasteiger partial charge on any atom is -0.497 e. The van der Waals surface area contributed by atoms with Gasteiger partial charge in [-0.2, -0.15) is 0 Å². The highest BCUT2D eigenvalue weighted by Gasteiger charge is 2.19. The van der Waals surface area contributed by atoms with E-state index in [1.807, 2.05) is 0 Å². The van der Waals surface area contributed by atoms with Gasteiger partial charge in [0.15, 0.2) is 5.58 Å². The van der Waals surface area contributed by atoms with Gasteiger partial charge in [0.1, 0.15) is 22.1 Å². The summed E-state index contributed by atoms with van der Waals surface area (Å²) in [5.74, 6) is 0.274. The molecule has 2 amide bonds. The Morgan fingerprint density at radius 3 is 2.28 bits per heavy atom. The zero-order valence-electron chi connectivity index (χ0n) is 16.1. The Morgan fingerprint density at radius 1 is 1.03 bits per heavy atom. The molecule has 0 radical (unpaired) electrons. The van der Waals surface area contributed by atoms with Crippen molar-refractivity contribution in [3.8, 4) is 11.5 Å². The van der Waals surface area contributed by atoms with Gasteiger partial charge >= 0.3 is 17.6 Å². The second kappa shape index (κ2) is 8.23. The van der Waals surface area contributed by atoms with E-state index in [0.29, 0.717) is 26.9 Å². The van der Waals surface area contributed by atoms with Crippen molar-refractivity contribution in [1.29, 1.82) is 0 Å². The SMILES string of the molecule is COC(=O)c1cc2sc(N(C)C(=O)Nc3cc(OC)cc(OC)c3)cc2oc1=O. The Balaban J connectivity index is 1.87. The number of nitrogens with one attached hydrogen (secondary N) is 1. The number of ether oxygens (including phenoxy) is 3. The molecule has 0 atom stereocenters. The molecule has 3 rings (SSSR count). The van der Waals surface area contributed by atoms with Crippen molar-refractivity contribution >= 4 is 44.3 Å². The number of carbonyl (C=O) groups is 2. The number of fused-ring (bicyclic) bond motifs is 1. The number of rotatable bonds is 5. The molecule has 0 fully saturated rings. The molecule has 1 N–H and O–H groups in total. The third-order valence-corrected chi connectivity index (χ3v) is 5.19. The minimum atomic E-state index is -0.802. The molecule has 10 heteroatoms.